The third kappa shape index (κ3) is 3.81. The van der Waals surface area contributed by atoms with Gasteiger partial charge in [-0.05, 0) is 11.4 Å². The van der Waals surface area contributed by atoms with E-state index < -0.39 is 0 Å². The highest BCUT2D eigenvalue weighted by atomic mass is 32.1. The summed E-state index contributed by atoms with van der Waals surface area (Å²) in [5.41, 5.74) is 6.37. The monoisotopic (exact) mass is 322 g/mol. The molecule has 2 aromatic rings. The summed E-state index contributed by atoms with van der Waals surface area (Å²) in [7, 11) is 0. The number of carbonyl (C=O) groups excluding carboxylic acids is 1. The molecule has 0 unspecified atom stereocenters. The van der Waals surface area contributed by atoms with Gasteiger partial charge in [-0.1, -0.05) is 6.07 Å². The standard InChI is InChI=1S/C14H18N4OS2/c15-14-16-11(10-21-14)8-13(19)18-5-3-17(4-6-18)9-12-2-1-7-20-12/h1-2,7,10H,3-6,8-9H2,(H2,15,16). The summed E-state index contributed by atoms with van der Waals surface area (Å²) in [6, 6.07) is 4.24. The van der Waals surface area contributed by atoms with Crippen molar-refractivity contribution in [2.45, 2.75) is 13.0 Å². The molecule has 3 rings (SSSR count). The van der Waals surface area contributed by atoms with Crippen molar-refractivity contribution in [3.63, 3.8) is 0 Å². The highest BCUT2D eigenvalue weighted by molar-refractivity contribution is 7.13. The van der Waals surface area contributed by atoms with E-state index in [-0.39, 0.29) is 5.91 Å². The number of nitrogen functional groups attached to an aromatic ring is 1. The van der Waals surface area contributed by atoms with E-state index in [9.17, 15) is 4.79 Å². The molecule has 0 bridgehead atoms. The number of hydrogen-bond donors (Lipinski definition) is 1. The maximum Gasteiger partial charge on any atom is 0.228 e. The number of nitrogens with zero attached hydrogens (tertiary/aromatic N) is 3. The number of rotatable bonds is 4. The van der Waals surface area contributed by atoms with Crippen molar-refractivity contribution in [1.82, 2.24) is 14.8 Å². The molecule has 1 saturated heterocycles. The SMILES string of the molecule is Nc1nc(CC(=O)N2CCN(Cc3cccs3)CC2)cs1. The first kappa shape index (κ1) is 14.5. The van der Waals surface area contributed by atoms with E-state index in [4.69, 9.17) is 5.73 Å². The quantitative estimate of drug-likeness (QED) is 0.930. The lowest BCUT2D eigenvalue weighted by molar-refractivity contribution is -0.132. The van der Waals surface area contributed by atoms with Crippen LogP contribution in [-0.4, -0.2) is 46.9 Å². The Hall–Kier alpha value is -1.44. The summed E-state index contributed by atoms with van der Waals surface area (Å²) in [6.45, 7) is 4.45. The Labute approximate surface area is 132 Å². The smallest absolute Gasteiger partial charge is 0.228 e. The van der Waals surface area contributed by atoms with Crippen LogP contribution in [-0.2, 0) is 17.8 Å². The second-order valence-electron chi connectivity index (χ2n) is 5.09. The lowest BCUT2D eigenvalue weighted by Gasteiger charge is -2.34. The molecule has 7 heteroatoms. The summed E-state index contributed by atoms with van der Waals surface area (Å²) in [5.74, 6) is 0.149. The van der Waals surface area contributed by atoms with Crippen molar-refractivity contribution in [3.8, 4) is 0 Å². The number of thiazole rings is 1. The number of aromatic nitrogens is 1. The van der Waals surface area contributed by atoms with Gasteiger partial charge in [-0.2, -0.15) is 0 Å². The molecule has 0 atom stereocenters. The number of piperazine rings is 1. The van der Waals surface area contributed by atoms with Gasteiger partial charge in [0, 0.05) is 43.0 Å². The molecule has 0 radical (unpaired) electrons. The summed E-state index contributed by atoms with van der Waals surface area (Å²) in [4.78, 5) is 22.1. The second-order valence-corrected chi connectivity index (χ2v) is 7.01. The third-order valence-electron chi connectivity index (χ3n) is 3.59. The number of anilines is 1. The predicted molar refractivity (Wildman–Crippen MR) is 86.4 cm³/mol. The second kappa shape index (κ2) is 6.55. The molecule has 1 amide bonds. The van der Waals surface area contributed by atoms with Crippen LogP contribution in [0, 0.1) is 0 Å². The van der Waals surface area contributed by atoms with Crippen molar-refractivity contribution >= 4 is 33.7 Å². The molecule has 0 aliphatic carbocycles. The van der Waals surface area contributed by atoms with Crippen molar-refractivity contribution in [3.05, 3.63) is 33.5 Å². The van der Waals surface area contributed by atoms with Gasteiger partial charge in [0.15, 0.2) is 5.13 Å². The van der Waals surface area contributed by atoms with Crippen LogP contribution in [0.25, 0.3) is 0 Å². The molecule has 2 N–H and O–H groups in total. The summed E-state index contributed by atoms with van der Waals surface area (Å²) >= 11 is 3.17. The van der Waals surface area contributed by atoms with Crippen LogP contribution >= 0.6 is 22.7 Å². The van der Waals surface area contributed by atoms with E-state index >= 15 is 0 Å². The number of nitrogens with two attached hydrogens (primary N) is 1. The van der Waals surface area contributed by atoms with Crippen LogP contribution in [0.5, 0.6) is 0 Å². The van der Waals surface area contributed by atoms with Gasteiger partial charge >= 0.3 is 0 Å². The molecular formula is C14H18N4OS2. The van der Waals surface area contributed by atoms with E-state index in [2.05, 4.69) is 27.4 Å². The third-order valence-corrected chi connectivity index (χ3v) is 5.17. The normalized spacial score (nSPS) is 16.3. The summed E-state index contributed by atoms with van der Waals surface area (Å²) in [5, 5.41) is 4.49. The zero-order chi connectivity index (χ0) is 14.7. The van der Waals surface area contributed by atoms with Crippen LogP contribution in [0.1, 0.15) is 10.6 Å². The van der Waals surface area contributed by atoms with E-state index in [1.54, 1.807) is 11.3 Å². The number of amides is 1. The van der Waals surface area contributed by atoms with Crippen LogP contribution in [0.3, 0.4) is 0 Å². The van der Waals surface area contributed by atoms with Crippen LogP contribution in [0.4, 0.5) is 5.13 Å². The van der Waals surface area contributed by atoms with Crippen molar-refractivity contribution in [2.75, 3.05) is 31.9 Å². The fourth-order valence-corrected chi connectivity index (χ4v) is 3.76. The molecule has 1 aliphatic rings. The number of hydrogen-bond acceptors (Lipinski definition) is 6. The molecule has 112 valence electrons. The molecular weight excluding hydrogens is 304 g/mol. The highest BCUT2D eigenvalue weighted by Gasteiger charge is 2.21. The van der Waals surface area contributed by atoms with Gasteiger partial charge in [-0.15, -0.1) is 22.7 Å². The molecule has 0 spiro atoms. The Morgan fingerprint density at radius 2 is 2.10 bits per heavy atom. The van der Waals surface area contributed by atoms with Gasteiger partial charge < -0.3 is 10.6 Å². The lowest BCUT2D eigenvalue weighted by Crippen LogP contribution is -2.48. The van der Waals surface area contributed by atoms with Crippen molar-refractivity contribution < 1.29 is 4.79 Å². The average molecular weight is 322 g/mol. The van der Waals surface area contributed by atoms with Crippen molar-refractivity contribution in [1.29, 1.82) is 0 Å². The van der Waals surface area contributed by atoms with Gasteiger partial charge in [-0.25, -0.2) is 4.98 Å². The van der Waals surface area contributed by atoms with Crippen LogP contribution < -0.4 is 5.73 Å². The Kier molecular flexibility index (Phi) is 4.52. The lowest BCUT2D eigenvalue weighted by atomic mass is 10.2. The van der Waals surface area contributed by atoms with Crippen molar-refractivity contribution in [2.24, 2.45) is 0 Å². The topological polar surface area (TPSA) is 62.5 Å². The minimum Gasteiger partial charge on any atom is -0.375 e. The Morgan fingerprint density at radius 1 is 1.29 bits per heavy atom. The van der Waals surface area contributed by atoms with E-state index in [0.717, 1.165) is 38.4 Å². The molecule has 1 aliphatic heterocycles. The fourth-order valence-electron chi connectivity index (χ4n) is 2.45. The minimum absolute atomic E-state index is 0.149. The maximum absolute atomic E-state index is 12.2. The summed E-state index contributed by atoms with van der Waals surface area (Å²) < 4.78 is 0. The van der Waals surface area contributed by atoms with Crippen LogP contribution in [0.15, 0.2) is 22.9 Å². The molecule has 21 heavy (non-hydrogen) atoms. The summed E-state index contributed by atoms with van der Waals surface area (Å²) in [6.07, 6.45) is 0.360. The minimum atomic E-state index is 0.149. The van der Waals surface area contributed by atoms with Gasteiger partial charge in [0.1, 0.15) is 0 Å². The zero-order valence-electron chi connectivity index (χ0n) is 11.7. The zero-order valence-corrected chi connectivity index (χ0v) is 13.3. The Morgan fingerprint density at radius 3 is 2.71 bits per heavy atom. The van der Waals surface area contributed by atoms with Gasteiger partial charge in [0.25, 0.3) is 0 Å². The fraction of sp³-hybridized carbons (Fsp3) is 0.429. The first-order valence-electron chi connectivity index (χ1n) is 6.93. The molecule has 0 saturated carbocycles. The Bertz CT molecular complexity index is 588. The molecule has 3 heterocycles. The van der Waals surface area contributed by atoms with E-state index in [1.807, 2.05) is 10.3 Å². The van der Waals surface area contributed by atoms with Gasteiger partial charge in [0.05, 0.1) is 12.1 Å². The largest absolute Gasteiger partial charge is 0.375 e. The molecule has 5 nitrogen and oxygen atoms in total. The van der Waals surface area contributed by atoms with Gasteiger partial charge in [0.2, 0.25) is 5.91 Å². The molecule has 2 aromatic heterocycles. The van der Waals surface area contributed by atoms with Crippen LogP contribution in [0.2, 0.25) is 0 Å². The number of carbonyl (C=O) groups is 1. The maximum atomic E-state index is 12.2. The van der Waals surface area contributed by atoms with E-state index in [0.29, 0.717) is 11.6 Å². The van der Waals surface area contributed by atoms with Gasteiger partial charge in [-0.3, -0.25) is 9.69 Å². The predicted octanol–water partition coefficient (Wildman–Crippen LogP) is 1.67. The number of thiophene rings is 1. The average Bonchev–Trinajstić information content (AvgIpc) is 3.12. The molecule has 0 aromatic carbocycles. The first-order valence-corrected chi connectivity index (χ1v) is 8.69. The van der Waals surface area contributed by atoms with E-state index in [1.165, 1.54) is 16.2 Å². The first-order chi connectivity index (χ1) is 10.2. The Balaban J connectivity index is 1.47. The highest BCUT2D eigenvalue weighted by Crippen LogP contribution is 2.15. The molecule has 1 fully saturated rings.